The predicted molar refractivity (Wildman–Crippen MR) is 110 cm³/mol. The van der Waals surface area contributed by atoms with Crippen LogP contribution in [0, 0.1) is 6.92 Å². The van der Waals surface area contributed by atoms with Gasteiger partial charge in [-0.1, -0.05) is 69.0 Å². The highest BCUT2D eigenvalue weighted by Crippen LogP contribution is 2.20. The van der Waals surface area contributed by atoms with Gasteiger partial charge in [0.1, 0.15) is 5.84 Å². The van der Waals surface area contributed by atoms with Gasteiger partial charge in [-0.3, -0.25) is 0 Å². The van der Waals surface area contributed by atoms with Gasteiger partial charge in [0.25, 0.3) is 0 Å². The Balaban J connectivity index is 0.00000254. The first-order chi connectivity index (χ1) is 11.5. The molecule has 0 unspecified atom stereocenters. The summed E-state index contributed by atoms with van der Waals surface area (Å²) in [6.45, 7) is 18.1. The molecule has 0 radical (unpaired) electrons. The van der Waals surface area contributed by atoms with E-state index in [-0.39, 0.29) is 0 Å². The molecule has 0 saturated carbocycles. The molecule has 0 aliphatic carbocycles. The summed E-state index contributed by atoms with van der Waals surface area (Å²) in [6.07, 6.45) is 8.08. The summed E-state index contributed by atoms with van der Waals surface area (Å²) in [5.41, 5.74) is 5.24. The van der Waals surface area contributed by atoms with Gasteiger partial charge in [0, 0.05) is 11.3 Å². The number of nitrogens with zero attached hydrogens (tertiary/aromatic N) is 1. The van der Waals surface area contributed by atoms with E-state index in [4.69, 9.17) is 4.99 Å². The van der Waals surface area contributed by atoms with E-state index in [1.165, 1.54) is 5.56 Å². The van der Waals surface area contributed by atoms with Crippen LogP contribution in [0.4, 0.5) is 0 Å². The van der Waals surface area contributed by atoms with E-state index in [1.54, 1.807) is 0 Å². The lowest BCUT2D eigenvalue weighted by atomic mass is 10.1. The average molecular weight is 325 g/mol. The number of hydrogen-bond donors (Lipinski definition) is 1. The maximum atomic E-state index is 4.70. The zero-order valence-corrected chi connectivity index (χ0v) is 16.3. The lowest BCUT2D eigenvalue weighted by Crippen LogP contribution is -2.20. The van der Waals surface area contributed by atoms with Crippen molar-refractivity contribution in [1.82, 2.24) is 5.32 Å². The minimum absolute atomic E-state index is 0.824. The van der Waals surface area contributed by atoms with Crippen LogP contribution in [0.15, 0.2) is 71.4 Å². The van der Waals surface area contributed by atoms with E-state index in [0.29, 0.717) is 0 Å². The number of allylic oxidation sites excluding steroid dienone is 4. The molecule has 2 heteroatoms. The van der Waals surface area contributed by atoms with Crippen molar-refractivity contribution in [2.75, 3.05) is 0 Å². The van der Waals surface area contributed by atoms with Crippen molar-refractivity contribution in [2.24, 2.45) is 4.99 Å². The molecule has 0 amide bonds. The number of nitrogens with one attached hydrogen (secondary N) is 1. The Morgan fingerprint density at radius 2 is 1.71 bits per heavy atom. The van der Waals surface area contributed by atoms with E-state index in [0.717, 1.165) is 28.4 Å². The SMILES string of the molecule is C=C(NC(C)=NC(=CC)c1ccccc1C)C(/C=C\C)=C/C.CC. The van der Waals surface area contributed by atoms with Crippen molar-refractivity contribution in [3.8, 4) is 0 Å². The molecule has 1 N–H and O–H groups in total. The summed E-state index contributed by atoms with van der Waals surface area (Å²) in [6, 6.07) is 8.26. The third kappa shape index (κ3) is 6.82. The summed E-state index contributed by atoms with van der Waals surface area (Å²) in [4.78, 5) is 4.70. The van der Waals surface area contributed by atoms with Gasteiger partial charge < -0.3 is 5.32 Å². The highest BCUT2D eigenvalue weighted by atomic mass is 15.0. The molecule has 0 spiro atoms. The maximum absolute atomic E-state index is 4.70. The topological polar surface area (TPSA) is 24.4 Å². The maximum Gasteiger partial charge on any atom is 0.103 e. The Hall–Kier alpha value is -2.35. The number of hydrogen-bond acceptors (Lipinski definition) is 1. The van der Waals surface area contributed by atoms with Gasteiger partial charge in [-0.05, 0) is 45.8 Å². The zero-order valence-electron chi connectivity index (χ0n) is 16.3. The molecule has 0 saturated heterocycles. The lowest BCUT2D eigenvalue weighted by molar-refractivity contribution is 1.13. The second-order valence-electron chi connectivity index (χ2n) is 5.03. The monoisotopic (exact) mass is 324 g/mol. The van der Waals surface area contributed by atoms with Crippen LogP contribution in [0.2, 0.25) is 0 Å². The Bertz CT molecular complexity index is 644. The number of rotatable bonds is 5. The highest BCUT2D eigenvalue weighted by Gasteiger charge is 2.04. The van der Waals surface area contributed by atoms with Crippen molar-refractivity contribution in [1.29, 1.82) is 0 Å². The van der Waals surface area contributed by atoms with E-state index in [1.807, 2.05) is 78.0 Å². The number of benzene rings is 1. The predicted octanol–water partition coefficient (Wildman–Crippen LogP) is 6.43. The summed E-state index contributed by atoms with van der Waals surface area (Å²) in [5, 5.41) is 3.26. The Morgan fingerprint density at radius 3 is 2.21 bits per heavy atom. The van der Waals surface area contributed by atoms with Crippen LogP contribution >= 0.6 is 0 Å². The molecular weight excluding hydrogens is 292 g/mol. The molecule has 1 aromatic rings. The Labute approximate surface area is 148 Å². The minimum atomic E-state index is 0.824. The fourth-order valence-electron chi connectivity index (χ4n) is 2.19. The van der Waals surface area contributed by atoms with Gasteiger partial charge in [0.05, 0.1) is 5.70 Å². The fraction of sp³-hybridized carbons (Fsp3) is 0.318. The Morgan fingerprint density at radius 1 is 1.08 bits per heavy atom. The largest absolute Gasteiger partial charge is 0.344 e. The Kier molecular flexibility index (Phi) is 10.9. The molecule has 0 atom stereocenters. The van der Waals surface area contributed by atoms with E-state index in [9.17, 15) is 0 Å². The molecule has 1 aromatic carbocycles. The van der Waals surface area contributed by atoms with Crippen LogP contribution in [0.25, 0.3) is 5.70 Å². The van der Waals surface area contributed by atoms with E-state index >= 15 is 0 Å². The normalized spacial score (nSPS) is 12.7. The molecule has 0 aliphatic rings. The third-order valence-corrected chi connectivity index (χ3v) is 3.32. The third-order valence-electron chi connectivity index (χ3n) is 3.32. The first kappa shape index (κ1) is 21.7. The molecule has 0 aromatic heterocycles. The summed E-state index contributed by atoms with van der Waals surface area (Å²) < 4.78 is 0. The molecule has 2 nitrogen and oxygen atoms in total. The fourth-order valence-corrected chi connectivity index (χ4v) is 2.19. The number of amidine groups is 1. The van der Waals surface area contributed by atoms with E-state index in [2.05, 4.69) is 31.0 Å². The van der Waals surface area contributed by atoms with Crippen LogP contribution in [-0.4, -0.2) is 5.84 Å². The second-order valence-corrected chi connectivity index (χ2v) is 5.03. The molecule has 24 heavy (non-hydrogen) atoms. The molecule has 130 valence electrons. The van der Waals surface area contributed by atoms with Gasteiger partial charge in [0.2, 0.25) is 0 Å². The van der Waals surface area contributed by atoms with Gasteiger partial charge in [0.15, 0.2) is 0 Å². The quantitative estimate of drug-likeness (QED) is 0.377. The molecule has 0 aliphatic heterocycles. The highest BCUT2D eigenvalue weighted by molar-refractivity contribution is 5.88. The average Bonchev–Trinajstić information content (AvgIpc) is 2.59. The van der Waals surface area contributed by atoms with E-state index < -0.39 is 0 Å². The number of aliphatic imine (C=N–C) groups is 1. The van der Waals surface area contributed by atoms with Crippen molar-refractivity contribution >= 4 is 11.5 Å². The van der Waals surface area contributed by atoms with Crippen molar-refractivity contribution in [2.45, 2.75) is 48.5 Å². The van der Waals surface area contributed by atoms with Crippen molar-refractivity contribution in [3.63, 3.8) is 0 Å². The van der Waals surface area contributed by atoms with Gasteiger partial charge in [-0.25, -0.2) is 4.99 Å². The number of aryl methyl sites for hydroxylation is 1. The molecular formula is C22H32N2. The van der Waals surface area contributed by atoms with Gasteiger partial charge in [-0.2, -0.15) is 0 Å². The molecule has 0 fully saturated rings. The molecule has 0 bridgehead atoms. The van der Waals surface area contributed by atoms with Crippen LogP contribution < -0.4 is 5.32 Å². The van der Waals surface area contributed by atoms with Crippen LogP contribution in [-0.2, 0) is 0 Å². The van der Waals surface area contributed by atoms with Crippen LogP contribution in [0.1, 0.15) is 52.7 Å². The first-order valence-electron chi connectivity index (χ1n) is 8.56. The van der Waals surface area contributed by atoms with Crippen LogP contribution in [0.3, 0.4) is 0 Å². The lowest BCUT2D eigenvalue weighted by Gasteiger charge is -2.12. The summed E-state index contributed by atoms with van der Waals surface area (Å²) in [7, 11) is 0. The van der Waals surface area contributed by atoms with Crippen LogP contribution in [0.5, 0.6) is 0 Å². The molecule has 0 heterocycles. The van der Waals surface area contributed by atoms with Gasteiger partial charge >= 0.3 is 0 Å². The summed E-state index contributed by atoms with van der Waals surface area (Å²) >= 11 is 0. The van der Waals surface area contributed by atoms with Crippen molar-refractivity contribution < 1.29 is 0 Å². The zero-order chi connectivity index (χ0) is 18.5. The standard InChI is InChI=1S/C20H26N2.C2H6/c1-7-12-18(8-2)16(5)21-17(6)22-20(9-3)19-14-11-10-13-15(19)4;1-2/h7-14H,5H2,1-4,6H3,(H,21,22);1-2H3/b12-7-,18-8+,20-9?;. The summed E-state index contributed by atoms with van der Waals surface area (Å²) in [5.74, 6) is 0.824. The minimum Gasteiger partial charge on any atom is -0.344 e. The van der Waals surface area contributed by atoms with Gasteiger partial charge in [-0.15, -0.1) is 0 Å². The second kappa shape index (κ2) is 12.1. The smallest absolute Gasteiger partial charge is 0.103 e. The van der Waals surface area contributed by atoms with Crippen molar-refractivity contribution in [3.05, 3.63) is 77.5 Å². The molecule has 1 rings (SSSR count). The first-order valence-corrected chi connectivity index (χ1v) is 8.56.